The molecule has 0 amide bonds. The number of fused-ring (bicyclic) bond motifs is 1. The number of aromatic nitrogens is 4. The third-order valence-corrected chi connectivity index (χ3v) is 5.72. The van der Waals surface area contributed by atoms with Gasteiger partial charge in [-0.05, 0) is 56.7 Å². The van der Waals surface area contributed by atoms with Gasteiger partial charge in [0, 0.05) is 11.5 Å². The molecule has 166 valence electrons. The Morgan fingerprint density at radius 3 is 2.64 bits per heavy atom. The number of nitrogens with zero attached hydrogens (tertiary/aromatic N) is 4. The molecule has 0 saturated carbocycles. The summed E-state index contributed by atoms with van der Waals surface area (Å²) >= 11 is 6.27. The summed E-state index contributed by atoms with van der Waals surface area (Å²) in [5.41, 5.74) is 4.33. The van der Waals surface area contributed by atoms with Crippen LogP contribution in [-0.4, -0.2) is 19.7 Å². The number of ether oxygens (including phenoxy) is 1. The number of hydrogen-bond acceptors (Lipinski definition) is 5. The van der Waals surface area contributed by atoms with E-state index in [1.165, 1.54) is 12.1 Å². The average molecular weight is 463 g/mol. The fraction of sp³-hybridized carbons (Fsp3) is 0.160. The Hall–Kier alpha value is -3.71. The molecule has 6 nitrogen and oxygen atoms in total. The fourth-order valence-electron chi connectivity index (χ4n) is 3.79. The number of oxazole rings is 1. The highest BCUT2D eigenvalue weighted by atomic mass is 35.5. The summed E-state index contributed by atoms with van der Waals surface area (Å²) in [6, 6.07) is 15.5. The second-order valence-corrected chi connectivity index (χ2v) is 8.15. The predicted molar refractivity (Wildman–Crippen MR) is 124 cm³/mol. The summed E-state index contributed by atoms with van der Waals surface area (Å²) in [5.74, 6) is 1.16. The first-order valence-corrected chi connectivity index (χ1v) is 10.8. The summed E-state index contributed by atoms with van der Waals surface area (Å²) < 4.78 is 27.2. The first kappa shape index (κ1) is 21.2. The fourth-order valence-corrected chi connectivity index (χ4v) is 4.01. The minimum atomic E-state index is -0.339. The zero-order valence-corrected chi connectivity index (χ0v) is 19.0. The summed E-state index contributed by atoms with van der Waals surface area (Å²) in [6.45, 7) is 5.88. The van der Waals surface area contributed by atoms with Gasteiger partial charge in [-0.15, -0.1) is 0 Å². The van der Waals surface area contributed by atoms with Crippen molar-refractivity contribution in [2.24, 2.45) is 0 Å². The Kier molecular flexibility index (Phi) is 5.34. The van der Waals surface area contributed by atoms with Crippen LogP contribution in [0.3, 0.4) is 0 Å². The lowest BCUT2D eigenvalue weighted by molar-refractivity contribution is 0.288. The summed E-state index contributed by atoms with van der Waals surface area (Å²) in [7, 11) is 0. The highest BCUT2D eigenvalue weighted by molar-refractivity contribution is 6.33. The van der Waals surface area contributed by atoms with E-state index in [1.807, 2.05) is 45.0 Å². The first-order valence-electron chi connectivity index (χ1n) is 10.4. The molecule has 0 radical (unpaired) electrons. The van der Waals surface area contributed by atoms with Gasteiger partial charge < -0.3 is 9.15 Å². The van der Waals surface area contributed by atoms with Gasteiger partial charge in [0.05, 0.1) is 22.0 Å². The van der Waals surface area contributed by atoms with Crippen molar-refractivity contribution in [3.63, 3.8) is 0 Å². The molecule has 0 atom stereocenters. The molecule has 5 rings (SSSR count). The van der Waals surface area contributed by atoms with Gasteiger partial charge >= 0.3 is 0 Å². The molecule has 0 unspecified atom stereocenters. The van der Waals surface area contributed by atoms with Gasteiger partial charge in [-0.2, -0.15) is 10.1 Å². The predicted octanol–water partition coefficient (Wildman–Crippen LogP) is 6.37. The highest BCUT2D eigenvalue weighted by Crippen LogP contribution is 2.30. The largest absolute Gasteiger partial charge is 0.471 e. The number of halogens is 2. The molecule has 0 bridgehead atoms. The third kappa shape index (κ3) is 3.96. The van der Waals surface area contributed by atoms with Gasteiger partial charge in [0.15, 0.2) is 5.65 Å². The molecule has 0 spiro atoms. The van der Waals surface area contributed by atoms with Gasteiger partial charge in [-0.25, -0.2) is 14.1 Å². The molecule has 8 heteroatoms. The number of aryl methyl sites for hydroxylation is 3. The van der Waals surface area contributed by atoms with Gasteiger partial charge in [0.1, 0.15) is 23.9 Å². The van der Waals surface area contributed by atoms with Crippen LogP contribution in [0, 0.1) is 26.6 Å². The highest BCUT2D eigenvalue weighted by Gasteiger charge is 2.17. The van der Waals surface area contributed by atoms with Crippen molar-refractivity contribution in [1.82, 2.24) is 19.7 Å². The molecule has 0 aliphatic rings. The maximum absolute atomic E-state index is 13.8. The lowest BCUT2D eigenvalue weighted by atomic mass is 10.2. The van der Waals surface area contributed by atoms with E-state index >= 15 is 0 Å². The van der Waals surface area contributed by atoms with Crippen LogP contribution in [0.5, 0.6) is 5.88 Å². The van der Waals surface area contributed by atoms with Crippen LogP contribution >= 0.6 is 11.6 Å². The molecular formula is C25H20ClFN4O2. The van der Waals surface area contributed by atoms with Crippen molar-refractivity contribution in [2.75, 3.05) is 0 Å². The molecular weight excluding hydrogens is 443 g/mol. The Morgan fingerprint density at radius 1 is 1.03 bits per heavy atom. The Morgan fingerprint density at radius 2 is 1.85 bits per heavy atom. The molecule has 5 aromatic rings. The zero-order valence-electron chi connectivity index (χ0n) is 18.3. The van der Waals surface area contributed by atoms with Crippen LogP contribution in [0.15, 0.2) is 59.0 Å². The van der Waals surface area contributed by atoms with Crippen molar-refractivity contribution in [2.45, 2.75) is 27.4 Å². The number of hydrogen-bond donors (Lipinski definition) is 0. The standard InChI is InChI=1S/C25H20ClFN4O2/c1-14-11-22(29-24-23(14)15(2)30-31(24)18-8-6-7-17(27)12-18)32-13-21-16(3)33-25(28-21)19-9-4-5-10-20(19)26/h4-12H,13H2,1-3H3. The minimum Gasteiger partial charge on any atom is -0.471 e. The van der Waals surface area contributed by atoms with E-state index in [-0.39, 0.29) is 12.4 Å². The summed E-state index contributed by atoms with van der Waals surface area (Å²) in [5, 5.41) is 6.05. The molecule has 0 saturated heterocycles. The van der Waals surface area contributed by atoms with E-state index in [0.717, 1.165) is 22.2 Å². The van der Waals surface area contributed by atoms with Crippen molar-refractivity contribution in [3.05, 3.63) is 88.1 Å². The lowest BCUT2D eigenvalue weighted by Crippen LogP contribution is -2.02. The van der Waals surface area contributed by atoms with E-state index in [0.29, 0.717) is 39.6 Å². The van der Waals surface area contributed by atoms with Crippen molar-refractivity contribution in [1.29, 1.82) is 0 Å². The van der Waals surface area contributed by atoms with Crippen molar-refractivity contribution in [3.8, 4) is 23.0 Å². The van der Waals surface area contributed by atoms with Crippen LogP contribution in [-0.2, 0) is 6.61 Å². The summed E-state index contributed by atoms with van der Waals surface area (Å²) in [4.78, 5) is 9.22. The van der Waals surface area contributed by atoms with Crippen molar-refractivity contribution < 1.29 is 13.5 Å². The second kappa shape index (κ2) is 8.33. The molecule has 0 fully saturated rings. The number of rotatable bonds is 5. The first-order chi connectivity index (χ1) is 15.9. The van der Waals surface area contributed by atoms with Gasteiger partial charge in [0.25, 0.3) is 0 Å². The smallest absolute Gasteiger partial charge is 0.228 e. The van der Waals surface area contributed by atoms with Gasteiger partial charge in [0.2, 0.25) is 11.8 Å². The quantitative estimate of drug-likeness (QED) is 0.303. The summed E-state index contributed by atoms with van der Waals surface area (Å²) in [6.07, 6.45) is 0. The molecule has 3 heterocycles. The van der Waals surface area contributed by atoms with Gasteiger partial charge in [-0.3, -0.25) is 0 Å². The average Bonchev–Trinajstić information content (AvgIpc) is 3.32. The number of benzene rings is 2. The monoisotopic (exact) mass is 462 g/mol. The maximum Gasteiger partial charge on any atom is 0.228 e. The van der Waals surface area contributed by atoms with Crippen LogP contribution in [0.1, 0.15) is 22.7 Å². The zero-order chi connectivity index (χ0) is 23.1. The number of pyridine rings is 1. The Labute approximate surface area is 194 Å². The van der Waals surface area contributed by atoms with E-state index in [4.69, 9.17) is 20.8 Å². The van der Waals surface area contributed by atoms with Crippen molar-refractivity contribution >= 4 is 22.6 Å². The molecule has 2 aromatic carbocycles. The van der Waals surface area contributed by atoms with Crippen LogP contribution in [0.2, 0.25) is 5.02 Å². The minimum absolute atomic E-state index is 0.171. The third-order valence-electron chi connectivity index (χ3n) is 5.39. The van der Waals surface area contributed by atoms with E-state index < -0.39 is 0 Å². The van der Waals surface area contributed by atoms with E-state index in [9.17, 15) is 4.39 Å². The maximum atomic E-state index is 13.8. The second-order valence-electron chi connectivity index (χ2n) is 7.74. The molecule has 0 aliphatic carbocycles. The van der Waals surface area contributed by atoms with E-state index in [1.54, 1.807) is 22.9 Å². The topological polar surface area (TPSA) is 66.0 Å². The van der Waals surface area contributed by atoms with Crippen LogP contribution in [0.25, 0.3) is 28.2 Å². The molecule has 3 aromatic heterocycles. The SMILES string of the molecule is Cc1oc(-c2ccccc2Cl)nc1COc1cc(C)c2c(C)nn(-c3cccc(F)c3)c2n1. The van der Waals surface area contributed by atoms with E-state index in [2.05, 4.69) is 15.1 Å². The Balaban J connectivity index is 1.47. The van der Waals surface area contributed by atoms with Gasteiger partial charge in [-0.1, -0.05) is 29.8 Å². The molecule has 0 N–H and O–H groups in total. The van der Waals surface area contributed by atoms with Crippen LogP contribution < -0.4 is 4.74 Å². The Bertz CT molecular complexity index is 1490. The molecule has 0 aliphatic heterocycles. The lowest BCUT2D eigenvalue weighted by Gasteiger charge is -2.08. The van der Waals surface area contributed by atoms with Crippen LogP contribution in [0.4, 0.5) is 4.39 Å². The normalized spacial score (nSPS) is 11.3. The molecule has 33 heavy (non-hydrogen) atoms.